The van der Waals surface area contributed by atoms with Gasteiger partial charge in [0.15, 0.2) is 0 Å². The summed E-state index contributed by atoms with van der Waals surface area (Å²) in [6.07, 6.45) is -4.69. The standard InChI is InChI=1S/C18H15F4N3O/c1-11(10-24-14-6-3-13(19)4-7-14)17(26)25-15-5-2-12(9-23)16(8-15)18(20,21)22/h2-8,11,24H,10H2,1H3,(H,25,26). The van der Waals surface area contributed by atoms with Gasteiger partial charge >= 0.3 is 6.18 Å². The maximum Gasteiger partial charge on any atom is 0.417 e. The highest BCUT2D eigenvalue weighted by atomic mass is 19.4. The lowest BCUT2D eigenvalue weighted by molar-refractivity contribution is -0.137. The maximum absolute atomic E-state index is 12.9. The Labute approximate surface area is 147 Å². The lowest BCUT2D eigenvalue weighted by Crippen LogP contribution is -2.26. The van der Waals surface area contributed by atoms with Gasteiger partial charge in [-0.05, 0) is 42.5 Å². The number of nitrogens with one attached hydrogen (secondary N) is 2. The first-order valence-corrected chi connectivity index (χ1v) is 7.62. The molecule has 0 saturated carbocycles. The smallest absolute Gasteiger partial charge is 0.384 e. The quantitative estimate of drug-likeness (QED) is 0.772. The highest BCUT2D eigenvalue weighted by Gasteiger charge is 2.34. The number of hydrogen-bond acceptors (Lipinski definition) is 3. The molecule has 4 nitrogen and oxygen atoms in total. The second kappa shape index (κ2) is 7.87. The molecule has 0 bridgehead atoms. The molecule has 2 aromatic rings. The van der Waals surface area contributed by atoms with E-state index < -0.39 is 29.1 Å². The Morgan fingerprint density at radius 2 is 1.77 bits per heavy atom. The molecule has 2 rings (SSSR count). The van der Waals surface area contributed by atoms with Gasteiger partial charge in [-0.15, -0.1) is 0 Å². The van der Waals surface area contributed by atoms with Crippen LogP contribution in [0.3, 0.4) is 0 Å². The summed E-state index contributed by atoms with van der Waals surface area (Å²) < 4.78 is 51.7. The molecule has 2 aromatic carbocycles. The zero-order valence-electron chi connectivity index (χ0n) is 13.7. The second-order valence-electron chi connectivity index (χ2n) is 5.65. The third kappa shape index (κ3) is 4.96. The summed E-state index contributed by atoms with van der Waals surface area (Å²) in [6, 6.07) is 10.0. The molecular formula is C18H15F4N3O. The number of rotatable bonds is 5. The molecular weight excluding hydrogens is 350 g/mol. The Kier molecular flexibility index (Phi) is 5.82. The number of carbonyl (C=O) groups excluding carboxylic acids is 1. The molecule has 8 heteroatoms. The van der Waals surface area contributed by atoms with Crippen LogP contribution in [0.1, 0.15) is 18.1 Å². The first-order chi connectivity index (χ1) is 12.2. The van der Waals surface area contributed by atoms with Crippen molar-refractivity contribution in [1.82, 2.24) is 0 Å². The van der Waals surface area contributed by atoms with Gasteiger partial charge in [-0.25, -0.2) is 4.39 Å². The van der Waals surface area contributed by atoms with E-state index in [9.17, 15) is 22.4 Å². The van der Waals surface area contributed by atoms with Crippen molar-refractivity contribution in [3.63, 3.8) is 0 Å². The van der Waals surface area contributed by atoms with Gasteiger partial charge in [0, 0.05) is 17.9 Å². The SMILES string of the molecule is CC(CNc1ccc(F)cc1)C(=O)Nc1ccc(C#N)c(C(F)(F)F)c1. The van der Waals surface area contributed by atoms with E-state index in [1.807, 2.05) is 0 Å². The van der Waals surface area contributed by atoms with Gasteiger partial charge in [0.2, 0.25) is 5.91 Å². The van der Waals surface area contributed by atoms with Crippen molar-refractivity contribution in [3.8, 4) is 6.07 Å². The largest absolute Gasteiger partial charge is 0.417 e. The molecule has 0 saturated heterocycles. The molecule has 1 amide bonds. The number of nitriles is 1. The summed E-state index contributed by atoms with van der Waals surface area (Å²) in [5.41, 5.74) is -1.05. The molecule has 2 N–H and O–H groups in total. The maximum atomic E-state index is 12.9. The van der Waals surface area contributed by atoms with Crippen LogP contribution in [0.15, 0.2) is 42.5 Å². The van der Waals surface area contributed by atoms with Crippen molar-refractivity contribution >= 4 is 17.3 Å². The summed E-state index contributed by atoms with van der Waals surface area (Å²) in [6.45, 7) is 1.81. The molecule has 0 aliphatic rings. The van der Waals surface area contributed by atoms with Gasteiger partial charge in [-0.2, -0.15) is 18.4 Å². The molecule has 0 aliphatic heterocycles. The Hall–Kier alpha value is -3.08. The van der Waals surface area contributed by atoms with Crippen molar-refractivity contribution in [3.05, 3.63) is 59.4 Å². The van der Waals surface area contributed by atoms with Crippen LogP contribution >= 0.6 is 0 Å². The van der Waals surface area contributed by atoms with Crippen molar-refractivity contribution in [2.45, 2.75) is 13.1 Å². The summed E-state index contributed by atoms with van der Waals surface area (Å²) >= 11 is 0. The summed E-state index contributed by atoms with van der Waals surface area (Å²) in [5.74, 6) is -1.44. The Morgan fingerprint density at radius 3 is 2.35 bits per heavy atom. The zero-order valence-corrected chi connectivity index (χ0v) is 13.7. The van der Waals surface area contributed by atoms with Crippen LogP contribution < -0.4 is 10.6 Å². The van der Waals surface area contributed by atoms with E-state index in [-0.39, 0.29) is 18.0 Å². The highest BCUT2D eigenvalue weighted by molar-refractivity contribution is 5.92. The molecule has 0 heterocycles. The van der Waals surface area contributed by atoms with Crippen LogP contribution in [0.2, 0.25) is 0 Å². The predicted molar refractivity (Wildman–Crippen MR) is 88.8 cm³/mol. The fourth-order valence-electron chi connectivity index (χ4n) is 2.15. The third-order valence-electron chi connectivity index (χ3n) is 3.62. The van der Waals surface area contributed by atoms with Crippen molar-refractivity contribution in [2.24, 2.45) is 5.92 Å². The average molecular weight is 365 g/mol. The summed E-state index contributed by atoms with van der Waals surface area (Å²) in [5, 5.41) is 14.1. The first-order valence-electron chi connectivity index (χ1n) is 7.62. The first kappa shape index (κ1) is 19.2. The van der Waals surface area contributed by atoms with Crippen LogP contribution in [0.25, 0.3) is 0 Å². The molecule has 136 valence electrons. The zero-order chi connectivity index (χ0) is 19.3. The monoisotopic (exact) mass is 365 g/mol. The summed E-state index contributed by atoms with van der Waals surface area (Å²) in [7, 11) is 0. The highest BCUT2D eigenvalue weighted by Crippen LogP contribution is 2.33. The van der Waals surface area contributed by atoms with Crippen molar-refractivity contribution < 1.29 is 22.4 Å². The van der Waals surface area contributed by atoms with E-state index >= 15 is 0 Å². The normalized spacial score (nSPS) is 12.2. The number of alkyl halides is 3. The third-order valence-corrected chi connectivity index (χ3v) is 3.62. The van der Waals surface area contributed by atoms with Crippen molar-refractivity contribution in [1.29, 1.82) is 5.26 Å². The van der Waals surface area contributed by atoms with Crippen LogP contribution in [0, 0.1) is 23.1 Å². The van der Waals surface area contributed by atoms with Crippen LogP contribution in [0.5, 0.6) is 0 Å². The number of hydrogen-bond donors (Lipinski definition) is 2. The van der Waals surface area contributed by atoms with E-state index in [1.54, 1.807) is 6.92 Å². The van der Waals surface area contributed by atoms with Gasteiger partial charge in [0.05, 0.1) is 23.1 Å². The molecule has 1 unspecified atom stereocenters. The fourth-order valence-corrected chi connectivity index (χ4v) is 2.15. The van der Waals surface area contributed by atoms with E-state index in [0.29, 0.717) is 5.69 Å². The minimum atomic E-state index is -4.69. The second-order valence-corrected chi connectivity index (χ2v) is 5.65. The molecule has 26 heavy (non-hydrogen) atoms. The predicted octanol–water partition coefficient (Wildman–Crippen LogP) is 4.40. The molecule has 0 spiro atoms. The molecule has 0 aromatic heterocycles. The average Bonchev–Trinajstić information content (AvgIpc) is 2.60. The number of benzene rings is 2. The number of amides is 1. The number of carbonyl (C=O) groups is 1. The van der Waals surface area contributed by atoms with E-state index in [4.69, 9.17) is 5.26 Å². The Bertz CT molecular complexity index is 826. The van der Waals surface area contributed by atoms with Gasteiger partial charge in [-0.3, -0.25) is 4.79 Å². The number of anilines is 2. The topological polar surface area (TPSA) is 64.9 Å². The van der Waals surface area contributed by atoms with E-state index in [0.717, 1.165) is 12.1 Å². The molecule has 0 fully saturated rings. The van der Waals surface area contributed by atoms with Gasteiger partial charge in [0.1, 0.15) is 5.82 Å². The number of halogens is 4. The Balaban J connectivity index is 2.02. The van der Waals surface area contributed by atoms with Crippen LogP contribution in [0.4, 0.5) is 28.9 Å². The van der Waals surface area contributed by atoms with E-state index in [2.05, 4.69) is 10.6 Å². The molecule has 0 radical (unpaired) electrons. The van der Waals surface area contributed by atoms with Gasteiger partial charge in [-0.1, -0.05) is 6.92 Å². The van der Waals surface area contributed by atoms with Crippen molar-refractivity contribution in [2.75, 3.05) is 17.2 Å². The fraction of sp³-hybridized carbons (Fsp3) is 0.222. The van der Waals surface area contributed by atoms with Crippen LogP contribution in [-0.2, 0) is 11.0 Å². The minimum Gasteiger partial charge on any atom is -0.384 e. The minimum absolute atomic E-state index is 0.0463. The number of nitrogens with zero attached hydrogens (tertiary/aromatic N) is 1. The van der Waals surface area contributed by atoms with Gasteiger partial charge < -0.3 is 10.6 Å². The Morgan fingerprint density at radius 1 is 1.15 bits per heavy atom. The van der Waals surface area contributed by atoms with E-state index in [1.165, 1.54) is 36.4 Å². The molecule has 1 atom stereocenters. The van der Waals surface area contributed by atoms with Crippen LogP contribution in [-0.4, -0.2) is 12.5 Å². The summed E-state index contributed by atoms with van der Waals surface area (Å²) in [4.78, 5) is 12.1. The lowest BCUT2D eigenvalue weighted by Gasteiger charge is -2.15. The van der Waals surface area contributed by atoms with Gasteiger partial charge in [0.25, 0.3) is 0 Å². The molecule has 0 aliphatic carbocycles. The lowest BCUT2D eigenvalue weighted by atomic mass is 10.1.